The molecular weight excluding hydrogens is 304 g/mol. The van der Waals surface area contributed by atoms with Crippen molar-refractivity contribution < 1.29 is 9.32 Å². The average molecular weight is 322 g/mol. The maximum absolute atomic E-state index is 12.4. The van der Waals surface area contributed by atoms with Gasteiger partial charge in [0.25, 0.3) is 5.91 Å². The number of aryl methyl sites for hydroxylation is 1. The second-order valence-corrected chi connectivity index (χ2v) is 5.67. The van der Waals surface area contributed by atoms with Crippen molar-refractivity contribution in [3.8, 4) is 11.3 Å². The Kier molecular flexibility index (Phi) is 4.29. The first-order valence-corrected chi connectivity index (χ1v) is 7.51. The van der Waals surface area contributed by atoms with Crippen LogP contribution in [0.1, 0.15) is 16.1 Å². The van der Waals surface area contributed by atoms with Crippen LogP contribution >= 0.6 is 0 Å². The summed E-state index contributed by atoms with van der Waals surface area (Å²) in [5.74, 6) is 0.189. The predicted molar refractivity (Wildman–Crippen MR) is 93.2 cm³/mol. The lowest BCUT2D eigenvalue weighted by atomic mass is 10.1. The molecule has 122 valence electrons. The molecule has 1 amide bonds. The van der Waals surface area contributed by atoms with E-state index in [0.717, 1.165) is 16.8 Å². The van der Waals surface area contributed by atoms with Crippen molar-refractivity contribution in [2.75, 3.05) is 24.3 Å². The normalized spacial score (nSPS) is 10.5. The van der Waals surface area contributed by atoms with Gasteiger partial charge in [-0.25, -0.2) is 0 Å². The van der Waals surface area contributed by atoms with Crippen LogP contribution in [0.15, 0.2) is 53.3 Å². The van der Waals surface area contributed by atoms with Crippen LogP contribution in [0.3, 0.4) is 0 Å². The summed E-state index contributed by atoms with van der Waals surface area (Å²) in [6, 6.07) is 11.0. The lowest BCUT2D eigenvalue weighted by molar-refractivity contribution is 0.101. The van der Waals surface area contributed by atoms with E-state index >= 15 is 0 Å². The molecule has 0 aliphatic heterocycles. The SMILES string of the molecule is Cc1ccc(NC(=O)c2cc(-c3cccnc3)on2)cc1N(C)C. The van der Waals surface area contributed by atoms with Gasteiger partial charge in [-0.15, -0.1) is 0 Å². The van der Waals surface area contributed by atoms with Crippen LogP contribution in [-0.2, 0) is 0 Å². The zero-order valence-corrected chi connectivity index (χ0v) is 13.8. The van der Waals surface area contributed by atoms with Crippen LogP contribution < -0.4 is 10.2 Å². The second-order valence-electron chi connectivity index (χ2n) is 5.67. The molecule has 24 heavy (non-hydrogen) atoms. The molecule has 2 aromatic heterocycles. The molecule has 6 heteroatoms. The summed E-state index contributed by atoms with van der Waals surface area (Å²) in [5, 5.41) is 6.68. The molecule has 1 aromatic carbocycles. The summed E-state index contributed by atoms with van der Waals surface area (Å²) >= 11 is 0. The Morgan fingerprint density at radius 3 is 2.75 bits per heavy atom. The molecular formula is C18H18N4O2. The quantitative estimate of drug-likeness (QED) is 0.797. The molecule has 0 aliphatic carbocycles. The van der Waals surface area contributed by atoms with Gasteiger partial charge in [-0.05, 0) is 36.8 Å². The van der Waals surface area contributed by atoms with Gasteiger partial charge in [0.15, 0.2) is 11.5 Å². The van der Waals surface area contributed by atoms with Crippen molar-refractivity contribution >= 4 is 17.3 Å². The zero-order valence-electron chi connectivity index (χ0n) is 13.8. The van der Waals surface area contributed by atoms with Gasteiger partial charge in [0, 0.05) is 49.5 Å². The van der Waals surface area contributed by atoms with Gasteiger partial charge in [-0.1, -0.05) is 11.2 Å². The van der Waals surface area contributed by atoms with Crippen LogP contribution in [0.25, 0.3) is 11.3 Å². The number of nitrogens with one attached hydrogen (secondary N) is 1. The summed E-state index contributed by atoms with van der Waals surface area (Å²) in [4.78, 5) is 18.4. The number of nitrogens with zero attached hydrogens (tertiary/aromatic N) is 3. The van der Waals surface area contributed by atoms with Crippen molar-refractivity contribution in [1.82, 2.24) is 10.1 Å². The van der Waals surface area contributed by atoms with E-state index in [-0.39, 0.29) is 11.6 Å². The fraction of sp³-hybridized carbons (Fsp3) is 0.167. The number of amides is 1. The zero-order chi connectivity index (χ0) is 17.1. The monoisotopic (exact) mass is 322 g/mol. The Hall–Kier alpha value is -3.15. The molecule has 0 unspecified atom stereocenters. The largest absolute Gasteiger partial charge is 0.377 e. The standard InChI is InChI=1S/C18H18N4O2/c1-12-6-7-14(9-16(12)22(2)3)20-18(23)15-10-17(24-21-15)13-5-4-8-19-11-13/h4-11H,1-3H3,(H,20,23). The van der Waals surface area contributed by atoms with Crippen LogP contribution in [0, 0.1) is 6.92 Å². The van der Waals surface area contributed by atoms with Gasteiger partial charge in [0.05, 0.1) is 0 Å². The summed E-state index contributed by atoms with van der Waals surface area (Å²) in [6.07, 6.45) is 3.33. The highest BCUT2D eigenvalue weighted by Gasteiger charge is 2.14. The van der Waals surface area contributed by atoms with E-state index < -0.39 is 0 Å². The Balaban J connectivity index is 1.79. The highest BCUT2D eigenvalue weighted by Crippen LogP contribution is 2.24. The smallest absolute Gasteiger partial charge is 0.277 e. The highest BCUT2D eigenvalue weighted by atomic mass is 16.5. The molecule has 0 spiro atoms. The minimum absolute atomic E-state index is 0.223. The first-order valence-electron chi connectivity index (χ1n) is 7.51. The minimum Gasteiger partial charge on any atom is -0.377 e. The lowest BCUT2D eigenvalue weighted by Crippen LogP contribution is -2.14. The van der Waals surface area contributed by atoms with E-state index in [1.807, 2.05) is 50.2 Å². The maximum atomic E-state index is 12.4. The molecule has 3 aromatic rings. The highest BCUT2D eigenvalue weighted by molar-refractivity contribution is 6.03. The molecule has 6 nitrogen and oxygen atoms in total. The summed E-state index contributed by atoms with van der Waals surface area (Å²) in [7, 11) is 3.93. The van der Waals surface area contributed by atoms with Gasteiger partial charge < -0.3 is 14.7 Å². The molecule has 0 saturated heterocycles. The summed E-state index contributed by atoms with van der Waals surface area (Å²) in [5.41, 5.74) is 3.89. The third-order valence-corrected chi connectivity index (χ3v) is 3.64. The van der Waals surface area contributed by atoms with Crippen LogP contribution in [0.2, 0.25) is 0 Å². The molecule has 1 N–H and O–H groups in total. The van der Waals surface area contributed by atoms with Gasteiger partial charge >= 0.3 is 0 Å². The van der Waals surface area contributed by atoms with Crippen LogP contribution in [0.4, 0.5) is 11.4 Å². The third kappa shape index (κ3) is 3.27. The number of carbonyl (C=O) groups is 1. The topological polar surface area (TPSA) is 71.3 Å². The number of aromatic nitrogens is 2. The minimum atomic E-state index is -0.317. The number of carbonyl (C=O) groups excluding carboxylic acids is 1. The van der Waals surface area contributed by atoms with E-state index in [0.29, 0.717) is 11.4 Å². The van der Waals surface area contributed by atoms with E-state index in [4.69, 9.17) is 4.52 Å². The summed E-state index contributed by atoms with van der Waals surface area (Å²) < 4.78 is 5.23. The van der Waals surface area contributed by atoms with E-state index in [2.05, 4.69) is 15.5 Å². The van der Waals surface area contributed by atoms with E-state index in [1.165, 1.54) is 0 Å². The molecule has 0 fully saturated rings. The number of anilines is 2. The summed E-state index contributed by atoms with van der Waals surface area (Å²) in [6.45, 7) is 2.03. The number of benzene rings is 1. The Bertz CT molecular complexity index is 856. The third-order valence-electron chi connectivity index (χ3n) is 3.64. The number of hydrogen-bond donors (Lipinski definition) is 1. The van der Waals surface area contributed by atoms with Crippen molar-refractivity contribution in [3.05, 3.63) is 60.0 Å². The molecule has 0 radical (unpaired) electrons. The molecule has 3 rings (SSSR count). The van der Waals surface area contributed by atoms with Gasteiger partial charge in [-0.2, -0.15) is 0 Å². The molecule has 0 bridgehead atoms. The predicted octanol–water partition coefficient (Wildman–Crippen LogP) is 3.36. The van der Waals surface area contributed by atoms with E-state index in [1.54, 1.807) is 24.5 Å². The van der Waals surface area contributed by atoms with Crippen molar-refractivity contribution in [2.45, 2.75) is 6.92 Å². The first kappa shape index (κ1) is 15.7. The molecule has 2 heterocycles. The Labute approximate surface area is 140 Å². The van der Waals surface area contributed by atoms with Crippen molar-refractivity contribution in [2.24, 2.45) is 0 Å². The van der Waals surface area contributed by atoms with Crippen LogP contribution in [0.5, 0.6) is 0 Å². The van der Waals surface area contributed by atoms with Crippen LogP contribution in [-0.4, -0.2) is 30.1 Å². The van der Waals surface area contributed by atoms with E-state index in [9.17, 15) is 4.79 Å². The Morgan fingerprint density at radius 2 is 2.04 bits per heavy atom. The van der Waals surface area contributed by atoms with Gasteiger partial charge in [-0.3, -0.25) is 9.78 Å². The average Bonchev–Trinajstić information content (AvgIpc) is 3.07. The number of pyridine rings is 1. The van der Waals surface area contributed by atoms with Crippen molar-refractivity contribution in [3.63, 3.8) is 0 Å². The molecule has 0 saturated carbocycles. The number of hydrogen-bond acceptors (Lipinski definition) is 5. The van der Waals surface area contributed by atoms with Crippen molar-refractivity contribution in [1.29, 1.82) is 0 Å². The number of rotatable bonds is 4. The van der Waals surface area contributed by atoms with Gasteiger partial charge in [0.2, 0.25) is 0 Å². The van der Waals surface area contributed by atoms with Gasteiger partial charge in [0.1, 0.15) is 0 Å². The second kappa shape index (κ2) is 6.54. The molecule has 0 aliphatic rings. The fourth-order valence-corrected chi connectivity index (χ4v) is 2.39. The maximum Gasteiger partial charge on any atom is 0.277 e. The fourth-order valence-electron chi connectivity index (χ4n) is 2.39. The Morgan fingerprint density at radius 1 is 1.21 bits per heavy atom. The lowest BCUT2D eigenvalue weighted by Gasteiger charge is -2.16. The first-order chi connectivity index (χ1) is 11.5. The molecule has 0 atom stereocenters.